The first kappa shape index (κ1) is 13.4. The molecule has 0 fully saturated rings. The Kier molecular flexibility index (Phi) is 3.71. The summed E-state index contributed by atoms with van der Waals surface area (Å²) in [4.78, 5) is 11.4. The molecule has 0 aromatic heterocycles. The van der Waals surface area contributed by atoms with Gasteiger partial charge in [0.05, 0.1) is 13.7 Å². The summed E-state index contributed by atoms with van der Waals surface area (Å²) < 4.78 is 4.56. The van der Waals surface area contributed by atoms with Crippen molar-refractivity contribution in [3.63, 3.8) is 0 Å². The number of anilines is 1. The van der Waals surface area contributed by atoms with Crippen molar-refractivity contribution in [2.45, 2.75) is 12.5 Å². The van der Waals surface area contributed by atoms with E-state index in [0.717, 1.165) is 16.5 Å². The second-order valence-electron chi connectivity index (χ2n) is 4.65. The lowest BCUT2D eigenvalue weighted by Crippen LogP contribution is -2.42. The van der Waals surface area contributed by atoms with Gasteiger partial charge in [0, 0.05) is 11.1 Å². The number of methoxy groups -OCH3 is 1. The lowest BCUT2D eigenvalue weighted by Gasteiger charge is -2.21. The molecule has 0 spiro atoms. The minimum atomic E-state index is -1.55. The average Bonchev–Trinajstić information content (AvgIpc) is 2.44. The number of rotatable bonds is 4. The highest BCUT2D eigenvalue weighted by Gasteiger charge is 2.31. The first-order valence-electron chi connectivity index (χ1n) is 6.07. The van der Waals surface area contributed by atoms with E-state index >= 15 is 0 Å². The van der Waals surface area contributed by atoms with Crippen LogP contribution in [-0.4, -0.2) is 30.3 Å². The Bertz CT molecular complexity index is 587. The number of nitrogens with one attached hydrogen (secondary N) is 1. The van der Waals surface area contributed by atoms with E-state index in [0.29, 0.717) is 0 Å². The van der Waals surface area contributed by atoms with Crippen molar-refractivity contribution in [1.29, 1.82) is 0 Å². The molecule has 0 radical (unpaired) electrons. The Morgan fingerprint density at radius 1 is 1.26 bits per heavy atom. The molecule has 1 atom stereocenters. The van der Waals surface area contributed by atoms with Crippen molar-refractivity contribution in [1.82, 2.24) is 0 Å². The Hall–Kier alpha value is -2.07. The van der Waals surface area contributed by atoms with Crippen molar-refractivity contribution in [2.24, 2.45) is 0 Å². The van der Waals surface area contributed by atoms with Gasteiger partial charge in [-0.2, -0.15) is 0 Å². The first-order valence-corrected chi connectivity index (χ1v) is 6.07. The summed E-state index contributed by atoms with van der Waals surface area (Å²) in [6, 6.07) is 13.8. The van der Waals surface area contributed by atoms with Crippen LogP contribution in [0.25, 0.3) is 10.8 Å². The highest BCUT2D eigenvalue weighted by atomic mass is 16.5. The third-order valence-corrected chi connectivity index (χ3v) is 3.04. The van der Waals surface area contributed by atoms with Crippen LogP contribution in [0.5, 0.6) is 0 Å². The monoisotopic (exact) mass is 259 g/mol. The maximum Gasteiger partial charge on any atom is 0.339 e. The SMILES string of the molecule is COC(=O)C(C)(O)CNc1cccc2ccccc12. The van der Waals surface area contributed by atoms with Crippen molar-refractivity contribution >= 4 is 22.4 Å². The fourth-order valence-electron chi connectivity index (χ4n) is 1.94. The maximum absolute atomic E-state index is 11.4. The van der Waals surface area contributed by atoms with E-state index in [2.05, 4.69) is 10.1 Å². The smallest absolute Gasteiger partial charge is 0.339 e. The summed E-state index contributed by atoms with van der Waals surface area (Å²) in [5.74, 6) is -0.653. The number of ether oxygens (including phenoxy) is 1. The molecule has 19 heavy (non-hydrogen) atoms. The Balaban J connectivity index is 2.21. The molecule has 0 aliphatic rings. The van der Waals surface area contributed by atoms with Crippen molar-refractivity contribution in [3.05, 3.63) is 42.5 Å². The molecule has 0 heterocycles. The average molecular weight is 259 g/mol. The zero-order valence-electron chi connectivity index (χ0n) is 11.0. The summed E-state index contributed by atoms with van der Waals surface area (Å²) in [7, 11) is 1.26. The maximum atomic E-state index is 11.4. The van der Waals surface area contributed by atoms with Crippen LogP contribution in [0.15, 0.2) is 42.5 Å². The number of esters is 1. The number of carbonyl (C=O) groups excluding carboxylic acids is 1. The van der Waals surface area contributed by atoms with Crippen LogP contribution < -0.4 is 5.32 Å². The van der Waals surface area contributed by atoms with E-state index in [1.807, 2.05) is 42.5 Å². The minimum Gasteiger partial charge on any atom is -0.467 e. The standard InChI is InChI=1S/C15H17NO3/c1-15(18,14(17)19-2)10-16-13-9-5-7-11-6-3-4-8-12(11)13/h3-9,16,18H,10H2,1-2H3. The van der Waals surface area contributed by atoms with Gasteiger partial charge in [-0.3, -0.25) is 0 Å². The predicted octanol–water partition coefficient (Wildman–Crippen LogP) is 2.18. The van der Waals surface area contributed by atoms with Crippen LogP contribution in [0.4, 0.5) is 5.69 Å². The Morgan fingerprint density at radius 3 is 2.68 bits per heavy atom. The van der Waals surface area contributed by atoms with Gasteiger partial charge in [0.1, 0.15) is 0 Å². The van der Waals surface area contributed by atoms with Crippen molar-refractivity contribution < 1.29 is 14.6 Å². The molecule has 2 N–H and O–H groups in total. The molecule has 0 aliphatic carbocycles. The van der Waals surface area contributed by atoms with Gasteiger partial charge in [0.15, 0.2) is 5.60 Å². The Morgan fingerprint density at radius 2 is 1.95 bits per heavy atom. The number of fused-ring (bicyclic) bond motifs is 1. The predicted molar refractivity (Wildman–Crippen MR) is 75.1 cm³/mol. The molecule has 4 heteroatoms. The van der Waals surface area contributed by atoms with Crippen LogP contribution in [0.3, 0.4) is 0 Å². The number of hydrogen-bond acceptors (Lipinski definition) is 4. The zero-order valence-corrected chi connectivity index (χ0v) is 11.0. The molecule has 0 saturated carbocycles. The quantitative estimate of drug-likeness (QED) is 0.826. The molecule has 2 rings (SSSR count). The van der Waals surface area contributed by atoms with Gasteiger partial charge in [-0.05, 0) is 18.4 Å². The van der Waals surface area contributed by atoms with Crippen LogP contribution >= 0.6 is 0 Å². The second kappa shape index (κ2) is 5.28. The van der Waals surface area contributed by atoms with Gasteiger partial charge < -0.3 is 15.2 Å². The molecule has 0 aliphatic heterocycles. The molecule has 1 unspecified atom stereocenters. The molecule has 2 aromatic rings. The van der Waals surface area contributed by atoms with Crippen LogP contribution in [0.1, 0.15) is 6.92 Å². The van der Waals surface area contributed by atoms with Crippen LogP contribution in [-0.2, 0) is 9.53 Å². The van der Waals surface area contributed by atoms with E-state index in [4.69, 9.17) is 0 Å². The number of carbonyl (C=O) groups is 1. The fourth-order valence-corrected chi connectivity index (χ4v) is 1.94. The number of benzene rings is 2. The number of aliphatic hydroxyl groups is 1. The van der Waals surface area contributed by atoms with Crippen LogP contribution in [0.2, 0.25) is 0 Å². The van der Waals surface area contributed by atoms with Crippen molar-refractivity contribution in [3.8, 4) is 0 Å². The molecular weight excluding hydrogens is 242 g/mol. The van der Waals surface area contributed by atoms with Gasteiger partial charge in [-0.1, -0.05) is 36.4 Å². The van der Waals surface area contributed by atoms with Crippen molar-refractivity contribution in [2.75, 3.05) is 19.0 Å². The highest BCUT2D eigenvalue weighted by Crippen LogP contribution is 2.23. The molecular formula is C15H17NO3. The third kappa shape index (κ3) is 2.85. The summed E-state index contributed by atoms with van der Waals surface area (Å²) in [5, 5.41) is 15.2. The van der Waals surface area contributed by atoms with E-state index in [9.17, 15) is 9.90 Å². The normalized spacial score (nSPS) is 13.8. The third-order valence-electron chi connectivity index (χ3n) is 3.04. The summed E-state index contributed by atoms with van der Waals surface area (Å²) >= 11 is 0. The zero-order chi connectivity index (χ0) is 13.9. The molecule has 0 saturated heterocycles. The lowest BCUT2D eigenvalue weighted by molar-refractivity contribution is -0.158. The van der Waals surface area contributed by atoms with Gasteiger partial charge in [0.2, 0.25) is 0 Å². The lowest BCUT2D eigenvalue weighted by atomic mass is 10.1. The topological polar surface area (TPSA) is 58.6 Å². The fraction of sp³-hybridized carbons (Fsp3) is 0.267. The molecule has 2 aromatic carbocycles. The Labute approximate surface area is 112 Å². The highest BCUT2D eigenvalue weighted by molar-refractivity contribution is 5.94. The summed E-state index contributed by atoms with van der Waals surface area (Å²) in [6.07, 6.45) is 0. The van der Waals surface area contributed by atoms with Gasteiger partial charge in [-0.15, -0.1) is 0 Å². The van der Waals surface area contributed by atoms with Gasteiger partial charge >= 0.3 is 5.97 Å². The number of hydrogen-bond donors (Lipinski definition) is 2. The van der Waals surface area contributed by atoms with Gasteiger partial charge in [-0.25, -0.2) is 4.79 Å². The molecule has 0 amide bonds. The van der Waals surface area contributed by atoms with E-state index < -0.39 is 11.6 Å². The largest absolute Gasteiger partial charge is 0.467 e. The molecule has 100 valence electrons. The summed E-state index contributed by atoms with van der Waals surface area (Å²) in [5.41, 5.74) is -0.673. The van der Waals surface area contributed by atoms with E-state index in [-0.39, 0.29) is 6.54 Å². The first-order chi connectivity index (χ1) is 9.04. The molecule has 0 bridgehead atoms. The molecule has 4 nitrogen and oxygen atoms in total. The second-order valence-corrected chi connectivity index (χ2v) is 4.65. The minimum absolute atomic E-state index is 0.0910. The van der Waals surface area contributed by atoms with Crippen LogP contribution in [0, 0.1) is 0 Å². The summed E-state index contributed by atoms with van der Waals surface area (Å²) in [6.45, 7) is 1.52. The van der Waals surface area contributed by atoms with E-state index in [1.54, 1.807) is 0 Å². The van der Waals surface area contributed by atoms with Gasteiger partial charge in [0.25, 0.3) is 0 Å². The van der Waals surface area contributed by atoms with E-state index in [1.165, 1.54) is 14.0 Å².